The van der Waals surface area contributed by atoms with Crippen LogP contribution in [0.2, 0.25) is 0 Å². The van der Waals surface area contributed by atoms with Crippen LogP contribution in [0, 0.1) is 6.92 Å². The van der Waals surface area contributed by atoms with Gasteiger partial charge in [-0.3, -0.25) is 4.79 Å². The van der Waals surface area contributed by atoms with E-state index in [2.05, 4.69) is 6.92 Å². The summed E-state index contributed by atoms with van der Waals surface area (Å²) in [6.45, 7) is 3.71. The number of unbranched alkanes of at least 4 members (excludes halogenated alkanes) is 1. The van der Waals surface area contributed by atoms with Crippen LogP contribution in [0.3, 0.4) is 0 Å². The first-order valence-corrected chi connectivity index (χ1v) is 5.81. The van der Waals surface area contributed by atoms with Gasteiger partial charge < -0.3 is 4.74 Å². The molecule has 0 aliphatic heterocycles. The lowest BCUT2D eigenvalue weighted by Gasteiger charge is -2.14. The predicted molar refractivity (Wildman–Crippen MR) is 56.8 cm³/mol. The molecule has 0 unspecified atom stereocenters. The van der Waals surface area contributed by atoms with E-state index in [1.807, 2.05) is 0 Å². The average molecular weight is 197 g/mol. The van der Waals surface area contributed by atoms with Gasteiger partial charge in [-0.05, 0) is 32.1 Å². The Balaban J connectivity index is 2.17. The van der Waals surface area contributed by atoms with Gasteiger partial charge >= 0.3 is 5.97 Å². The summed E-state index contributed by atoms with van der Waals surface area (Å²) in [5.74, 6) is -0.0273. The molecule has 0 spiro atoms. The zero-order valence-electron chi connectivity index (χ0n) is 8.96. The maximum Gasteiger partial charge on any atom is 0.306 e. The molecule has 0 aromatic carbocycles. The van der Waals surface area contributed by atoms with E-state index >= 15 is 0 Å². The Morgan fingerprint density at radius 2 is 1.86 bits per heavy atom. The minimum absolute atomic E-state index is 0.0273. The maximum atomic E-state index is 11.3. The highest BCUT2D eigenvalue weighted by molar-refractivity contribution is 5.69. The number of ether oxygens (including phenoxy) is 1. The molecule has 1 aliphatic rings. The van der Waals surface area contributed by atoms with Crippen molar-refractivity contribution in [1.82, 2.24) is 0 Å². The molecule has 81 valence electrons. The molecule has 0 saturated heterocycles. The van der Waals surface area contributed by atoms with E-state index in [1.54, 1.807) is 0 Å². The van der Waals surface area contributed by atoms with Crippen LogP contribution in [0.1, 0.15) is 57.8 Å². The number of hydrogen-bond acceptors (Lipinski definition) is 2. The summed E-state index contributed by atoms with van der Waals surface area (Å²) < 4.78 is 5.41. The molecule has 0 atom stereocenters. The van der Waals surface area contributed by atoms with Crippen LogP contribution < -0.4 is 0 Å². The normalized spacial score (nSPS) is 18.9. The molecular weight excluding hydrogens is 176 g/mol. The van der Waals surface area contributed by atoms with Crippen molar-refractivity contribution in [2.75, 3.05) is 0 Å². The Labute approximate surface area is 87.0 Å². The Kier molecular flexibility index (Phi) is 5.65. The van der Waals surface area contributed by atoms with Crippen molar-refractivity contribution < 1.29 is 9.53 Å². The summed E-state index contributed by atoms with van der Waals surface area (Å²) in [6, 6.07) is 0. The summed E-state index contributed by atoms with van der Waals surface area (Å²) in [5, 5.41) is 0. The first-order valence-electron chi connectivity index (χ1n) is 5.81. The van der Waals surface area contributed by atoms with Gasteiger partial charge in [-0.1, -0.05) is 26.2 Å². The van der Waals surface area contributed by atoms with Crippen LogP contribution in [0.15, 0.2) is 0 Å². The van der Waals surface area contributed by atoms with Gasteiger partial charge in [-0.2, -0.15) is 0 Å². The van der Waals surface area contributed by atoms with Crippen LogP contribution in [0.4, 0.5) is 0 Å². The molecule has 0 N–H and O–H groups in total. The van der Waals surface area contributed by atoms with Crippen LogP contribution in [0.25, 0.3) is 0 Å². The summed E-state index contributed by atoms with van der Waals surface area (Å²) in [6.07, 6.45) is 9.58. The molecule has 1 radical (unpaired) electrons. The molecule has 0 amide bonds. The van der Waals surface area contributed by atoms with E-state index in [-0.39, 0.29) is 12.1 Å². The van der Waals surface area contributed by atoms with Crippen molar-refractivity contribution in [2.24, 2.45) is 0 Å². The zero-order chi connectivity index (χ0) is 10.2. The summed E-state index contributed by atoms with van der Waals surface area (Å²) in [4.78, 5) is 11.3. The van der Waals surface area contributed by atoms with Crippen molar-refractivity contribution in [3.63, 3.8) is 0 Å². The fourth-order valence-electron chi connectivity index (χ4n) is 1.87. The van der Waals surface area contributed by atoms with Gasteiger partial charge in [-0.25, -0.2) is 0 Å². The molecule has 1 saturated carbocycles. The third kappa shape index (κ3) is 4.64. The third-order valence-corrected chi connectivity index (χ3v) is 2.73. The Morgan fingerprint density at radius 3 is 2.43 bits per heavy atom. The lowest BCUT2D eigenvalue weighted by atomic mass is 10.1. The van der Waals surface area contributed by atoms with Crippen molar-refractivity contribution in [3.05, 3.63) is 6.92 Å². The van der Waals surface area contributed by atoms with E-state index in [1.165, 1.54) is 25.7 Å². The highest BCUT2D eigenvalue weighted by Crippen LogP contribution is 2.20. The van der Waals surface area contributed by atoms with E-state index < -0.39 is 0 Å². The number of hydrogen-bond donors (Lipinski definition) is 0. The molecule has 14 heavy (non-hydrogen) atoms. The van der Waals surface area contributed by atoms with Crippen molar-refractivity contribution in [2.45, 2.75) is 63.9 Å². The predicted octanol–water partition coefficient (Wildman–Crippen LogP) is 3.26. The molecule has 1 rings (SSSR count). The quantitative estimate of drug-likeness (QED) is 0.511. The minimum Gasteiger partial charge on any atom is -0.462 e. The molecule has 0 aromatic heterocycles. The topological polar surface area (TPSA) is 26.3 Å². The molecule has 1 fully saturated rings. The second-order valence-electron chi connectivity index (χ2n) is 4.06. The van der Waals surface area contributed by atoms with Crippen LogP contribution in [-0.4, -0.2) is 12.1 Å². The Morgan fingerprint density at radius 1 is 1.21 bits per heavy atom. The van der Waals surface area contributed by atoms with Crippen molar-refractivity contribution >= 4 is 5.97 Å². The van der Waals surface area contributed by atoms with Gasteiger partial charge in [0.05, 0.1) is 0 Å². The largest absolute Gasteiger partial charge is 0.462 e. The molecule has 1 aliphatic carbocycles. The van der Waals surface area contributed by atoms with Crippen LogP contribution in [-0.2, 0) is 9.53 Å². The van der Waals surface area contributed by atoms with E-state index in [4.69, 9.17) is 4.74 Å². The number of esters is 1. The SMILES string of the molecule is [CH2]CCCC(=O)OC1CCCCCC1. The smallest absolute Gasteiger partial charge is 0.306 e. The van der Waals surface area contributed by atoms with Crippen LogP contribution in [0.5, 0.6) is 0 Å². The maximum absolute atomic E-state index is 11.3. The fourth-order valence-corrected chi connectivity index (χ4v) is 1.87. The van der Waals surface area contributed by atoms with E-state index in [9.17, 15) is 4.79 Å². The lowest BCUT2D eigenvalue weighted by molar-refractivity contribution is -0.149. The van der Waals surface area contributed by atoms with Gasteiger partial charge in [0, 0.05) is 6.42 Å². The molecule has 0 heterocycles. The first-order chi connectivity index (χ1) is 6.83. The second-order valence-corrected chi connectivity index (χ2v) is 4.06. The monoisotopic (exact) mass is 197 g/mol. The van der Waals surface area contributed by atoms with Gasteiger partial charge in [-0.15, -0.1) is 0 Å². The van der Waals surface area contributed by atoms with Crippen LogP contribution >= 0.6 is 0 Å². The van der Waals surface area contributed by atoms with Gasteiger partial charge in [0.15, 0.2) is 0 Å². The zero-order valence-corrected chi connectivity index (χ0v) is 8.96. The fraction of sp³-hybridized carbons (Fsp3) is 0.833. The Bertz CT molecular complexity index is 158. The average Bonchev–Trinajstić information content (AvgIpc) is 2.43. The highest BCUT2D eigenvalue weighted by Gasteiger charge is 2.15. The Hall–Kier alpha value is -0.530. The van der Waals surface area contributed by atoms with Crippen molar-refractivity contribution in [1.29, 1.82) is 0 Å². The summed E-state index contributed by atoms with van der Waals surface area (Å²) >= 11 is 0. The summed E-state index contributed by atoms with van der Waals surface area (Å²) in [7, 11) is 0. The molecule has 0 aromatic rings. The highest BCUT2D eigenvalue weighted by atomic mass is 16.5. The number of carbonyl (C=O) groups excluding carboxylic acids is 1. The third-order valence-electron chi connectivity index (χ3n) is 2.73. The van der Waals surface area contributed by atoms with E-state index in [0.29, 0.717) is 6.42 Å². The summed E-state index contributed by atoms with van der Waals surface area (Å²) in [5.41, 5.74) is 0. The second kappa shape index (κ2) is 6.86. The van der Waals surface area contributed by atoms with Crippen molar-refractivity contribution in [3.8, 4) is 0 Å². The van der Waals surface area contributed by atoms with Gasteiger partial charge in [0.2, 0.25) is 0 Å². The number of rotatable bonds is 4. The minimum atomic E-state index is -0.0273. The lowest BCUT2D eigenvalue weighted by Crippen LogP contribution is -2.17. The molecular formula is C12H21O2. The first kappa shape index (κ1) is 11.5. The molecule has 2 heteroatoms. The van der Waals surface area contributed by atoms with E-state index in [0.717, 1.165) is 25.7 Å². The number of carbonyl (C=O) groups is 1. The van der Waals surface area contributed by atoms with Gasteiger partial charge in [0.25, 0.3) is 0 Å². The van der Waals surface area contributed by atoms with Gasteiger partial charge in [0.1, 0.15) is 6.10 Å². The standard InChI is InChI=1S/C12H21O2/c1-2-3-10-12(13)14-11-8-6-4-5-7-9-11/h11H,1-10H2. The molecule has 2 nitrogen and oxygen atoms in total. The molecule has 0 bridgehead atoms.